The SMILES string of the molecule is CC(C)(CCCO)CNCc1ccc(OC(F)(F)F)cc1. The molecular weight excluding hydrogens is 283 g/mol. The molecule has 0 saturated carbocycles. The van der Waals surface area contributed by atoms with Crippen LogP contribution in [0.2, 0.25) is 0 Å². The molecule has 0 heterocycles. The number of rotatable bonds is 8. The van der Waals surface area contributed by atoms with Crippen molar-refractivity contribution in [3.63, 3.8) is 0 Å². The van der Waals surface area contributed by atoms with Crippen LogP contribution in [0.4, 0.5) is 13.2 Å². The number of ether oxygens (including phenoxy) is 1. The third-order valence-corrected chi connectivity index (χ3v) is 3.10. The fourth-order valence-electron chi connectivity index (χ4n) is 2.00. The number of nitrogens with one attached hydrogen (secondary N) is 1. The van der Waals surface area contributed by atoms with E-state index in [2.05, 4.69) is 23.9 Å². The number of hydrogen-bond acceptors (Lipinski definition) is 3. The summed E-state index contributed by atoms with van der Waals surface area (Å²) in [5, 5.41) is 12.1. The van der Waals surface area contributed by atoms with Gasteiger partial charge in [0.2, 0.25) is 0 Å². The van der Waals surface area contributed by atoms with Gasteiger partial charge in [-0.15, -0.1) is 13.2 Å². The maximum Gasteiger partial charge on any atom is 0.573 e. The van der Waals surface area contributed by atoms with Crippen LogP contribution in [-0.4, -0.2) is 24.6 Å². The predicted octanol–water partition coefficient (Wildman–Crippen LogP) is 3.47. The summed E-state index contributed by atoms with van der Waals surface area (Å²) in [5.74, 6) is -0.213. The second-order valence-corrected chi connectivity index (χ2v) is 5.79. The van der Waals surface area contributed by atoms with E-state index in [1.54, 1.807) is 12.1 Å². The molecule has 0 fully saturated rings. The molecule has 1 aromatic rings. The number of aliphatic hydroxyl groups is 1. The summed E-state index contributed by atoms with van der Waals surface area (Å²) >= 11 is 0. The Kier molecular flexibility index (Phi) is 6.48. The van der Waals surface area contributed by atoms with Gasteiger partial charge in [0.1, 0.15) is 5.75 Å². The zero-order valence-electron chi connectivity index (χ0n) is 12.3. The Hall–Kier alpha value is -1.27. The van der Waals surface area contributed by atoms with Crippen molar-refractivity contribution in [2.45, 2.75) is 39.6 Å². The van der Waals surface area contributed by atoms with E-state index in [4.69, 9.17) is 5.11 Å². The van der Waals surface area contributed by atoms with Crippen molar-refractivity contribution in [3.05, 3.63) is 29.8 Å². The molecule has 0 spiro atoms. The van der Waals surface area contributed by atoms with Crippen LogP contribution in [0.3, 0.4) is 0 Å². The lowest BCUT2D eigenvalue weighted by atomic mass is 9.88. The number of halogens is 3. The first-order valence-corrected chi connectivity index (χ1v) is 6.88. The summed E-state index contributed by atoms with van der Waals surface area (Å²) in [4.78, 5) is 0. The predicted molar refractivity (Wildman–Crippen MR) is 74.9 cm³/mol. The Morgan fingerprint density at radius 1 is 1.14 bits per heavy atom. The number of alkyl halides is 3. The van der Waals surface area contributed by atoms with Crippen LogP contribution in [-0.2, 0) is 6.54 Å². The van der Waals surface area contributed by atoms with Crippen molar-refractivity contribution < 1.29 is 23.0 Å². The topological polar surface area (TPSA) is 41.5 Å². The third-order valence-electron chi connectivity index (χ3n) is 3.10. The minimum Gasteiger partial charge on any atom is -0.406 e. The van der Waals surface area contributed by atoms with Crippen LogP contribution in [0.15, 0.2) is 24.3 Å². The summed E-state index contributed by atoms with van der Waals surface area (Å²) in [6, 6.07) is 5.83. The first kappa shape index (κ1) is 17.8. The Bertz CT molecular complexity index is 416. The van der Waals surface area contributed by atoms with E-state index in [1.807, 2.05) is 0 Å². The van der Waals surface area contributed by atoms with Gasteiger partial charge in [-0.25, -0.2) is 0 Å². The summed E-state index contributed by atoms with van der Waals surface area (Å²) in [6.07, 6.45) is -2.98. The first-order valence-electron chi connectivity index (χ1n) is 6.88. The highest BCUT2D eigenvalue weighted by molar-refractivity contribution is 5.27. The lowest BCUT2D eigenvalue weighted by Crippen LogP contribution is -2.29. The largest absolute Gasteiger partial charge is 0.573 e. The molecule has 6 heteroatoms. The van der Waals surface area contributed by atoms with Crippen LogP contribution < -0.4 is 10.1 Å². The molecular formula is C15H22F3NO2. The monoisotopic (exact) mass is 305 g/mol. The second kappa shape index (κ2) is 7.66. The minimum atomic E-state index is -4.66. The van der Waals surface area contributed by atoms with Crippen molar-refractivity contribution in [2.75, 3.05) is 13.2 Å². The van der Waals surface area contributed by atoms with Crippen LogP contribution in [0, 0.1) is 5.41 Å². The molecule has 120 valence electrons. The second-order valence-electron chi connectivity index (χ2n) is 5.79. The van der Waals surface area contributed by atoms with Crippen LogP contribution >= 0.6 is 0 Å². The van der Waals surface area contributed by atoms with Gasteiger partial charge in [0.05, 0.1) is 0 Å². The third kappa shape index (κ3) is 7.92. The molecule has 1 rings (SSSR count). The molecule has 1 aromatic carbocycles. The van der Waals surface area contributed by atoms with E-state index in [9.17, 15) is 13.2 Å². The summed E-state index contributed by atoms with van der Waals surface area (Å²) in [7, 11) is 0. The van der Waals surface area contributed by atoms with Crippen molar-refractivity contribution in [1.29, 1.82) is 0 Å². The van der Waals surface area contributed by atoms with E-state index >= 15 is 0 Å². The highest BCUT2D eigenvalue weighted by Crippen LogP contribution is 2.23. The molecule has 21 heavy (non-hydrogen) atoms. The maximum absolute atomic E-state index is 12.0. The number of hydrogen-bond donors (Lipinski definition) is 2. The van der Waals surface area contributed by atoms with E-state index in [-0.39, 0.29) is 17.8 Å². The quantitative estimate of drug-likeness (QED) is 0.772. The van der Waals surface area contributed by atoms with Gasteiger partial charge in [0.15, 0.2) is 0 Å². The van der Waals surface area contributed by atoms with E-state index in [0.717, 1.165) is 24.9 Å². The standard InChI is InChI=1S/C15H22F3NO2/c1-14(2,8-3-9-20)11-19-10-12-4-6-13(7-5-12)21-15(16,17)18/h4-7,19-20H,3,8-11H2,1-2H3. The molecule has 0 bridgehead atoms. The van der Waals surface area contributed by atoms with Crippen LogP contribution in [0.5, 0.6) is 5.75 Å². The fourth-order valence-corrected chi connectivity index (χ4v) is 2.00. The van der Waals surface area contributed by atoms with Gasteiger partial charge in [-0.05, 0) is 36.0 Å². The molecule has 0 unspecified atom stereocenters. The zero-order chi connectivity index (χ0) is 15.9. The van der Waals surface area contributed by atoms with Gasteiger partial charge in [0.25, 0.3) is 0 Å². The normalized spacial score (nSPS) is 12.5. The van der Waals surface area contributed by atoms with E-state index < -0.39 is 6.36 Å². The van der Waals surface area contributed by atoms with Crippen molar-refractivity contribution in [1.82, 2.24) is 5.32 Å². The average molecular weight is 305 g/mol. The smallest absolute Gasteiger partial charge is 0.406 e. The van der Waals surface area contributed by atoms with Gasteiger partial charge in [-0.1, -0.05) is 26.0 Å². The van der Waals surface area contributed by atoms with E-state index in [1.165, 1.54) is 12.1 Å². The van der Waals surface area contributed by atoms with Gasteiger partial charge in [0, 0.05) is 19.7 Å². The molecule has 0 aliphatic carbocycles. The van der Waals surface area contributed by atoms with Crippen molar-refractivity contribution in [3.8, 4) is 5.75 Å². The molecule has 0 aliphatic rings. The summed E-state index contributed by atoms with van der Waals surface area (Å²) < 4.78 is 39.9. The number of aliphatic hydroxyl groups excluding tert-OH is 1. The molecule has 0 amide bonds. The Morgan fingerprint density at radius 2 is 1.76 bits per heavy atom. The lowest BCUT2D eigenvalue weighted by molar-refractivity contribution is -0.274. The fraction of sp³-hybridized carbons (Fsp3) is 0.600. The van der Waals surface area contributed by atoms with Crippen molar-refractivity contribution >= 4 is 0 Å². The highest BCUT2D eigenvalue weighted by Gasteiger charge is 2.30. The highest BCUT2D eigenvalue weighted by atomic mass is 19.4. The van der Waals surface area contributed by atoms with Gasteiger partial charge in [-0.2, -0.15) is 0 Å². The molecule has 0 aliphatic heterocycles. The van der Waals surface area contributed by atoms with Crippen LogP contribution in [0.25, 0.3) is 0 Å². The van der Waals surface area contributed by atoms with Gasteiger partial charge < -0.3 is 15.2 Å². The zero-order valence-corrected chi connectivity index (χ0v) is 12.3. The Morgan fingerprint density at radius 3 is 2.29 bits per heavy atom. The lowest BCUT2D eigenvalue weighted by Gasteiger charge is -2.24. The summed E-state index contributed by atoms with van der Waals surface area (Å²) in [5.41, 5.74) is 0.963. The molecule has 3 nitrogen and oxygen atoms in total. The first-order chi connectivity index (χ1) is 9.72. The van der Waals surface area contributed by atoms with E-state index in [0.29, 0.717) is 6.54 Å². The molecule has 2 N–H and O–H groups in total. The minimum absolute atomic E-state index is 0.0715. The molecule has 0 aromatic heterocycles. The molecule has 0 saturated heterocycles. The Labute approximate surface area is 123 Å². The maximum atomic E-state index is 12.0. The molecule has 0 atom stereocenters. The van der Waals surface area contributed by atoms with Crippen LogP contribution in [0.1, 0.15) is 32.3 Å². The molecule has 0 radical (unpaired) electrons. The Balaban J connectivity index is 2.39. The average Bonchev–Trinajstić information content (AvgIpc) is 2.37. The van der Waals surface area contributed by atoms with Gasteiger partial charge >= 0.3 is 6.36 Å². The van der Waals surface area contributed by atoms with Gasteiger partial charge in [-0.3, -0.25) is 0 Å². The van der Waals surface area contributed by atoms with Crippen molar-refractivity contribution in [2.24, 2.45) is 5.41 Å². The summed E-state index contributed by atoms with van der Waals surface area (Å²) in [6.45, 7) is 5.75. The number of benzene rings is 1.